The van der Waals surface area contributed by atoms with Gasteiger partial charge in [0.2, 0.25) is 0 Å². The van der Waals surface area contributed by atoms with E-state index in [0.29, 0.717) is 6.04 Å². The van der Waals surface area contributed by atoms with Gasteiger partial charge in [-0.2, -0.15) is 0 Å². The van der Waals surface area contributed by atoms with Crippen molar-refractivity contribution in [3.63, 3.8) is 0 Å². The SMILES string of the molecule is CCC(CNC)N1CCS(=O)CC1. The maximum atomic E-state index is 11.1. The Morgan fingerprint density at radius 1 is 1.46 bits per heavy atom. The van der Waals surface area contributed by atoms with Gasteiger partial charge in [-0.05, 0) is 13.5 Å². The molecule has 1 saturated heterocycles. The average molecular weight is 204 g/mol. The largest absolute Gasteiger partial charge is 0.318 e. The van der Waals surface area contributed by atoms with E-state index in [1.54, 1.807) is 0 Å². The average Bonchev–Trinajstić information content (AvgIpc) is 2.16. The fourth-order valence-corrected chi connectivity index (χ4v) is 2.86. The second kappa shape index (κ2) is 5.73. The highest BCUT2D eigenvalue weighted by Crippen LogP contribution is 2.07. The minimum absolute atomic E-state index is 0.545. The smallest absolute Gasteiger partial charge is 0.0363 e. The summed E-state index contributed by atoms with van der Waals surface area (Å²) in [5, 5.41) is 3.21. The molecule has 4 heteroatoms. The van der Waals surface area contributed by atoms with Crippen LogP contribution in [0.5, 0.6) is 0 Å². The molecule has 0 aromatic carbocycles. The van der Waals surface area contributed by atoms with Gasteiger partial charge in [-0.25, -0.2) is 0 Å². The molecule has 3 nitrogen and oxygen atoms in total. The highest BCUT2D eigenvalue weighted by molar-refractivity contribution is 7.85. The highest BCUT2D eigenvalue weighted by Gasteiger charge is 2.20. The third-order valence-corrected chi connectivity index (χ3v) is 3.92. The van der Waals surface area contributed by atoms with Crippen LogP contribution in [0.15, 0.2) is 0 Å². The standard InChI is InChI=1S/C9H20N2OS/c1-3-9(8-10-2)11-4-6-13(12)7-5-11/h9-10H,3-8H2,1-2H3. The fourth-order valence-electron chi connectivity index (χ4n) is 1.78. The molecule has 1 aliphatic rings. The Labute approximate surface area is 83.3 Å². The summed E-state index contributed by atoms with van der Waals surface area (Å²) in [5.74, 6) is 1.72. The molecule has 0 saturated carbocycles. The van der Waals surface area contributed by atoms with Crippen LogP contribution in [0.4, 0.5) is 0 Å². The highest BCUT2D eigenvalue weighted by atomic mass is 32.2. The van der Waals surface area contributed by atoms with Crippen molar-refractivity contribution < 1.29 is 4.21 Å². The molecule has 0 amide bonds. The molecule has 1 fully saturated rings. The topological polar surface area (TPSA) is 32.3 Å². The van der Waals surface area contributed by atoms with Crippen molar-refractivity contribution in [3.05, 3.63) is 0 Å². The Balaban J connectivity index is 2.36. The zero-order valence-electron chi connectivity index (χ0n) is 8.58. The molecule has 0 aliphatic carbocycles. The summed E-state index contributed by atoms with van der Waals surface area (Å²) in [5.41, 5.74) is 0. The van der Waals surface area contributed by atoms with E-state index in [0.717, 1.165) is 31.1 Å². The van der Waals surface area contributed by atoms with Gasteiger partial charge in [0.1, 0.15) is 0 Å². The van der Waals surface area contributed by atoms with Crippen molar-refractivity contribution >= 4 is 10.8 Å². The minimum Gasteiger partial charge on any atom is -0.318 e. The van der Waals surface area contributed by atoms with Crippen LogP contribution in [0.1, 0.15) is 13.3 Å². The Bertz CT molecular complexity index is 165. The monoisotopic (exact) mass is 204 g/mol. The van der Waals surface area contributed by atoms with E-state index in [1.165, 1.54) is 6.42 Å². The summed E-state index contributed by atoms with van der Waals surface area (Å²) in [6.07, 6.45) is 1.17. The van der Waals surface area contributed by atoms with Gasteiger partial charge in [0.25, 0.3) is 0 Å². The summed E-state index contributed by atoms with van der Waals surface area (Å²) in [6, 6.07) is 0.627. The van der Waals surface area contributed by atoms with Crippen LogP contribution in [0.2, 0.25) is 0 Å². The predicted octanol–water partition coefficient (Wildman–Crippen LogP) is 0.0487. The normalized spacial score (nSPS) is 23.2. The molecule has 78 valence electrons. The fraction of sp³-hybridized carbons (Fsp3) is 1.00. The molecule has 0 aromatic heterocycles. The predicted molar refractivity (Wildman–Crippen MR) is 57.5 cm³/mol. The molecule has 1 unspecified atom stereocenters. The van der Waals surface area contributed by atoms with Crippen LogP contribution in [-0.2, 0) is 10.8 Å². The van der Waals surface area contributed by atoms with Gasteiger partial charge in [0, 0.05) is 48.0 Å². The van der Waals surface area contributed by atoms with Gasteiger partial charge in [0.15, 0.2) is 0 Å². The second-order valence-corrected chi connectivity index (χ2v) is 5.20. The molecule has 1 N–H and O–H groups in total. The molecule has 1 atom stereocenters. The van der Waals surface area contributed by atoms with E-state index in [-0.39, 0.29) is 0 Å². The van der Waals surface area contributed by atoms with Gasteiger partial charge < -0.3 is 5.32 Å². The lowest BCUT2D eigenvalue weighted by Gasteiger charge is -2.33. The number of rotatable bonds is 4. The van der Waals surface area contributed by atoms with Crippen LogP contribution in [0, 0.1) is 0 Å². The third kappa shape index (κ3) is 3.37. The summed E-state index contributed by atoms with van der Waals surface area (Å²) < 4.78 is 11.1. The third-order valence-electron chi connectivity index (χ3n) is 2.64. The summed E-state index contributed by atoms with van der Waals surface area (Å²) >= 11 is 0. The Morgan fingerprint density at radius 3 is 2.54 bits per heavy atom. The van der Waals surface area contributed by atoms with E-state index in [2.05, 4.69) is 17.1 Å². The van der Waals surface area contributed by atoms with Crippen LogP contribution in [-0.4, -0.2) is 53.3 Å². The molecule has 0 aromatic rings. The second-order valence-electron chi connectivity index (χ2n) is 3.50. The van der Waals surface area contributed by atoms with Crippen LogP contribution in [0.25, 0.3) is 0 Å². The molecule has 0 radical (unpaired) electrons. The van der Waals surface area contributed by atoms with Crippen molar-refractivity contribution in [2.24, 2.45) is 0 Å². The number of nitrogens with one attached hydrogen (secondary N) is 1. The molecule has 1 aliphatic heterocycles. The first-order valence-electron chi connectivity index (χ1n) is 5.01. The Kier molecular flexibility index (Phi) is 4.91. The van der Waals surface area contributed by atoms with Crippen molar-refractivity contribution in [1.29, 1.82) is 0 Å². The van der Waals surface area contributed by atoms with Crippen molar-refractivity contribution in [2.45, 2.75) is 19.4 Å². The van der Waals surface area contributed by atoms with Gasteiger partial charge >= 0.3 is 0 Å². The van der Waals surface area contributed by atoms with E-state index in [1.807, 2.05) is 7.05 Å². The van der Waals surface area contributed by atoms with E-state index in [9.17, 15) is 4.21 Å². The summed E-state index contributed by atoms with van der Waals surface area (Å²) in [4.78, 5) is 2.46. The zero-order chi connectivity index (χ0) is 9.68. The van der Waals surface area contributed by atoms with E-state index >= 15 is 0 Å². The summed E-state index contributed by atoms with van der Waals surface area (Å²) in [7, 11) is 1.45. The molecule has 0 bridgehead atoms. The Hall–Kier alpha value is 0.0700. The molecule has 0 spiro atoms. The Morgan fingerprint density at radius 2 is 2.08 bits per heavy atom. The lowest BCUT2D eigenvalue weighted by atomic mass is 10.2. The van der Waals surface area contributed by atoms with Crippen molar-refractivity contribution in [1.82, 2.24) is 10.2 Å². The first kappa shape index (κ1) is 11.1. The van der Waals surface area contributed by atoms with E-state index < -0.39 is 10.8 Å². The molecule has 1 heterocycles. The summed E-state index contributed by atoms with van der Waals surface area (Å²) in [6.45, 7) is 5.27. The quantitative estimate of drug-likeness (QED) is 0.702. The molecular formula is C9H20N2OS. The zero-order valence-corrected chi connectivity index (χ0v) is 9.40. The first-order valence-corrected chi connectivity index (χ1v) is 6.50. The van der Waals surface area contributed by atoms with Crippen LogP contribution in [0.3, 0.4) is 0 Å². The van der Waals surface area contributed by atoms with Gasteiger partial charge in [-0.3, -0.25) is 9.11 Å². The molecule has 13 heavy (non-hydrogen) atoms. The first-order chi connectivity index (χ1) is 6.27. The van der Waals surface area contributed by atoms with Crippen molar-refractivity contribution in [2.75, 3.05) is 38.2 Å². The maximum Gasteiger partial charge on any atom is 0.0363 e. The number of hydrogen-bond donors (Lipinski definition) is 1. The van der Waals surface area contributed by atoms with Crippen LogP contribution < -0.4 is 5.32 Å². The number of hydrogen-bond acceptors (Lipinski definition) is 3. The molecule has 1 rings (SSSR count). The van der Waals surface area contributed by atoms with Crippen LogP contribution >= 0.6 is 0 Å². The van der Waals surface area contributed by atoms with E-state index in [4.69, 9.17) is 0 Å². The number of nitrogens with zero attached hydrogens (tertiary/aromatic N) is 1. The van der Waals surface area contributed by atoms with Crippen molar-refractivity contribution in [3.8, 4) is 0 Å². The van der Waals surface area contributed by atoms with Gasteiger partial charge in [-0.1, -0.05) is 6.92 Å². The maximum absolute atomic E-state index is 11.1. The lowest BCUT2D eigenvalue weighted by Crippen LogP contribution is -2.47. The van der Waals surface area contributed by atoms with Gasteiger partial charge in [0.05, 0.1) is 0 Å². The van der Waals surface area contributed by atoms with Gasteiger partial charge in [-0.15, -0.1) is 0 Å². The minimum atomic E-state index is -0.545. The lowest BCUT2D eigenvalue weighted by molar-refractivity contribution is 0.206. The molecular weight excluding hydrogens is 184 g/mol. The number of likely N-dealkylation sites (N-methyl/N-ethyl adjacent to an activating group) is 1.